The van der Waals surface area contributed by atoms with Gasteiger partial charge in [-0.05, 0) is 23.3 Å². The first-order valence-electron chi connectivity index (χ1n) is 8.40. The van der Waals surface area contributed by atoms with E-state index in [4.69, 9.17) is 14.2 Å². The van der Waals surface area contributed by atoms with Crippen LogP contribution in [0.1, 0.15) is 11.1 Å². The Hall–Kier alpha value is -1.93. The van der Waals surface area contributed by atoms with E-state index in [-0.39, 0.29) is 18.6 Å². The van der Waals surface area contributed by atoms with E-state index >= 15 is 0 Å². The summed E-state index contributed by atoms with van der Waals surface area (Å²) in [6.45, 7) is 1.29. The Morgan fingerprint density at radius 3 is 2.65 bits per heavy atom. The molecule has 7 heteroatoms. The highest BCUT2D eigenvalue weighted by Crippen LogP contribution is 2.20. The van der Waals surface area contributed by atoms with Crippen molar-refractivity contribution in [2.75, 3.05) is 26.3 Å². The summed E-state index contributed by atoms with van der Waals surface area (Å²) in [6.07, 6.45) is 0. The molecule has 26 heavy (non-hydrogen) atoms. The van der Waals surface area contributed by atoms with Crippen LogP contribution in [0.5, 0.6) is 5.75 Å². The number of ether oxygens (including phenoxy) is 3. The SMILES string of the molecule is COc1cccc(COC[C@@H]2COCS(=O)(=O)N2Cc2ccccc2)c1. The van der Waals surface area contributed by atoms with E-state index in [0.29, 0.717) is 19.8 Å². The van der Waals surface area contributed by atoms with E-state index < -0.39 is 10.0 Å². The molecule has 0 N–H and O–H groups in total. The molecule has 0 amide bonds. The van der Waals surface area contributed by atoms with Crippen molar-refractivity contribution in [3.63, 3.8) is 0 Å². The third kappa shape index (κ3) is 4.82. The molecule has 1 saturated heterocycles. The summed E-state index contributed by atoms with van der Waals surface area (Å²) in [5.41, 5.74) is 1.91. The summed E-state index contributed by atoms with van der Waals surface area (Å²) in [6, 6.07) is 16.8. The van der Waals surface area contributed by atoms with Crippen LogP contribution < -0.4 is 4.74 Å². The Morgan fingerprint density at radius 1 is 1.12 bits per heavy atom. The zero-order valence-corrected chi connectivity index (χ0v) is 15.5. The quantitative estimate of drug-likeness (QED) is 0.741. The Kier molecular flexibility index (Phi) is 6.26. The van der Waals surface area contributed by atoms with Crippen LogP contribution in [0.3, 0.4) is 0 Å². The smallest absolute Gasteiger partial charge is 0.239 e. The maximum absolute atomic E-state index is 12.4. The molecule has 1 aliphatic heterocycles. The summed E-state index contributed by atoms with van der Waals surface area (Å²) < 4.78 is 42.6. The van der Waals surface area contributed by atoms with Crippen LogP contribution in [-0.4, -0.2) is 45.0 Å². The molecule has 1 aliphatic rings. The van der Waals surface area contributed by atoms with Gasteiger partial charge in [0.15, 0.2) is 5.94 Å². The highest BCUT2D eigenvalue weighted by atomic mass is 32.2. The predicted octanol–water partition coefficient (Wildman–Crippen LogP) is 2.40. The van der Waals surface area contributed by atoms with Gasteiger partial charge in [-0.3, -0.25) is 0 Å². The van der Waals surface area contributed by atoms with Gasteiger partial charge >= 0.3 is 0 Å². The first-order valence-corrected chi connectivity index (χ1v) is 10.0. The van der Waals surface area contributed by atoms with E-state index in [1.807, 2.05) is 54.6 Å². The molecule has 0 bridgehead atoms. The van der Waals surface area contributed by atoms with Crippen molar-refractivity contribution in [1.82, 2.24) is 4.31 Å². The maximum atomic E-state index is 12.4. The zero-order valence-electron chi connectivity index (χ0n) is 14.7. The van der Waals surface area contributed by atoms with Gasteiger partial charge in [0, 0.05) is 6.54 Å². The average Bonchev–Trinajstić information content (AvgIpc) is 2.65. The molecule has 1 fully saturated rings. The fraction of sp³-hybridized carbons (Fsp3) is 0.368. The minimum absolute atomic E-state index is 0.267. The minimum atomic E-state index is -3.47. The molecule has 0 unspecified atom stereocenters. The lowest BCUT2D eigenvalue weighted by Gasteiger charge is -2.34. The van der Waals surface area contributed by atoms with Crippen molar-refractivity contribution in [3.05, 3.63) is 65.7 Å². The third-order valence-corrected chi connectivity index (χ3v) is 5.81. The highest BCUT2D eigenvalue weighted by Gasteiger charge is 2.35. The number of benzene rings is 2. The molecule has 1 heterocycles. The second-order valence-electron chi connectivity index (χ2n) is 6.15. The molecule has 1 atom stereocenters. The molecule has 6 nitrogen and oxygen atoms in total. The van der Waals surface area contributed by atoms with Crippen molar-refractivity contribution < 1.29 is 22.6 Å². The van der Waals surface area contributed by atoms with Gasteiger partial charge in [0.05, 0.1) is 33.0 Å². The Morgan fingerprint density at radius 2 is 1.88 bits per heavy atom. The minimum Gasteiger partial charge on any atom is -0.497 e. The zero-order chi connectivity index (χ0) is 18.4. The van der Waals surface area contributed by atoms with Gasteiger partial charge in [-0.1, -0.05) is 42.5 Å². The van der Waals surface area contributed by atoms with Gasteiger partial charge in [-0.25, -0.2) is 8.42 Å². The first kappa shape index (κ1) is 18.8. The monoisotopic (exact) mass is 377 g/mol. The Bertz CT molecular complexity index is 810. The maximum Gasteiger partial charge on any atom is 0.239 e. The van der Waals surface area contributed by atoms with E-state index in [1.165, 1.54) is 4.31 Å². The molecule has 2 aromatic rings. The van der Waals surface area contributed by atoms with Crippen LogP contribution >= 0.6 is 0 Å². The number of hydrogen-bond acceptors (Lipinski definition) is 5. The normalized spacial score (nSPS) is 20.0. The standard InChI is InChI=1S/C19H23NO5S/c1-23-19-9-5-8-17(10-19)12-24-13-18-14-25-15-26(21,22)20(18)11-16-6-3-2-4-7-16/h2-10,18H,11-15H2,1H3/t18-/m1/s1. The van der Waals surface area contributed by atoms with Crippen molar-refractivity contribution in [3.8, 4) is 5.75 Å². The lowest BCUT2D eigenvalue weighted by Crippen LogP contribution is -2.50. The Labute approximate surface area is 154 Å². The number of sulfonamides is 1. The largest absolute Gasteiger partial charge is 0.497 e. The summed E-state index contributed by atoms with van der Waals surface area (Å²) in [5, 5.41) is 0. The molecular formula is C19H23NO5S. The number of hydrogen-bond donors (Lipinski definition) is 0. The summed E-state index contributed by atoms with van der Waals surface area (Å²) in [5.74, 6) is 0.479. The van der Waals surface area contributed by atoms with Gasteiger partial charge in [0.2, 0.25) is 10.0 Å². The topological polar surface area (TPSA) is 65.1 Å². The number of rotatable bonds is 7. The van der Waals surface area contributed by atoms with Crippen molar-refractivity contribution in [2.45, 2.75) is 19.2 Å². The van der Waals surface area contributed by atoms with Gasteiger partial charge in [-0.15, -0.1) is 0 Å². The second-order valence-corrected chi connectivity index (χ2v) is 8.02. The van der Waals surface area contributed by atoms with Crippen LogP contribution in [0.25, 0.3) is 0 Å². The Balaban J connectivity index is 1.64. The average molecular weight is 377 g/mol. The first-order chi connectivity index (χ1) is 12.6. The van der Waals surface area contributed by atoms with E-state index in [9.17, 15) is 8.42 Å². The molecule has 0 aliphatic carbocycles. The van der Waals surface area contributed by atoms with Gasteiger partial charge in [0.25, 0.3) is 0 Å². The lowest BCUT2D eigenvalue weighted by atomic mass is 10.2. The molecule has 140 valence electrons. The fourth-order valence-corrected chi connectivity index (χ4v) is 4.23. The molecule has 0 aromatic heterocycles. The molecule has 0 spiro atoms. The van der Waals surface area contributed by atoms with E-state index in [1.54, 1.807) is 7.11 Å². The molecular weight excluding hydrogens is 354 g/mol. The van der Waals surface area contributed by atoms with Gasteiger partial charge < -0.3 is 14.2 Å². The van der Waals surface area contributed by atoms with Gasteiger partial charge in [0.1, 0.15) is 5.75 Å². The molecule has 0 radical (unpaired) electrons. The van der Waals surface area contributed by atoms with Crippen LogP contribution in [0.4, 0.5) is 0 Å². The number of nitrogens with zero attached hydrogens (tertiary/aromatic N) is 1. The van der Waals surface area contributed by atoms with E-state index in [0.717, 1.165) is 16.9 Å². The van der Waals surface area contributed by atoms with E-state index in [2.05, 4.69) is 0 Å². The van der Waals surface area contributed by atoms with Crippen LogP contribution in [0.2, 0.25) is 0 Å². The second kappa shape index (κ2) is 8.64. The van der Waals surface area contributed by atoms with Crippen molar-refractivity contribution in [1.29, 1.82) is 0 Å². The van der Waals surface area contributed by atoms with Crippen LogP contribution in [0.15, 0.2) is 54.6 Å². The molecule has 2 aromatic carbocycles. The molecule has 3 rings (SSSR count). The van der Waals surface area contributed by atoms with Crippen LogP contribution in [0, 0.1) is 0 Å². The third-order valence-electron chi connectivity index (χ3n) is 4.20. The predicted molar refractivity (Wildman–Crippen MR) is 98.2 cm³/mol. The van der Waals surface area contributed by atoms with Gasteiger partial charge in [-0.2, -0.15) is 4.31 Å². The van der Waals surface area contributed by atoms with Crippen molar-refractivity contribution >= 4 is 10.0 Å². The van der Waals surface area contributed by atoms with Crippen LogP contribution in [-0.2, 0) is 32.6 Å². The summed E-state index contributed by atoms with van der Waals surface area (Å²) >= 11 is 0. The molecule has 0 saturated carbocycles. The highest BCUT2D eigenvalue weighted by molar-refractivity contribution is 7.88. The summed E-state index contributed by atoms with van der Waals surface area (Å²) in [4.78, 5) is 0. The van der Waals surface area contributed by atoms with Crippen molar-refractivity contribution in [2.24, 2.45) is 0 Å². The lowest BCUT2D eigenvalue weighted by molar-refractivity contribution is 0.0178. The fourth-order valence-electron chi connectivity index (χ4n) is 2.86. The summed E-state index contributed by atoms with van der Waals surface area (Å²) in [7, 11) is -1.85. The number of methoxy groups -OCH3 is 1.